The number of hydrogen-bond donors (Lipinski definition) is 1. The second kappa shape index (κ2) is 4.66. The molecule has 0 amide bonds. The van der Waals surface area contributed by atoms with Crippen molar-refractivity contribution < 1.29 is 4.92 Å². The van der Waals surface area contributed by atoms with Crippen molar-refractivity contribution in [1.82, 2.24) is 20.2 Å². The SMILES string of the molecule is NCCc1nnnn1-c1ccc([N+](=O)[O-])cc1. The van der Waals surface area contributed by atoms with Crippen molar-refractivity contribution in [3.05, 3.63) is 40.2 Å². The molecule has 1 aromatic carbocycles. The second-order valence-corrected chi connectivity index (χ2v) is 3.32. The third-order valence-corrected chi connectivity index (χ3v) is 2.21. The van der Waals surface area contributed by atoms with Crippen LogP contribution in [0.25, 0.3) is 5.69 Å². The van der Waals surface area contributed by atoms with Gasteiger partial charge in [0.25, 0.3) is 5.69 Å². The van der Waals surface area contributed by atoms with Gasteiger partial charge >= 0.3 is 0 Å². The zero-order chi connectivity index (χ0) is 12.3. The van der Waals surface area contributed by atoms with Crippen LogP contribution in [-0.2, 0) is 6.42 Å². The summed E-state index contributed by atoms with van der Waals surface area (Å²) in [4.78, 5) is 10.1. The highest BCUT2D eigenvalue weighted by Crippen LogP contribution is 2.15. The maximum Gasteiger partial charge on any atom is 0.269 e. The molecule has 0 unspecified atom stereocenters. The number of non-ortho nitro benzene ring substituents is 1. The molecule has 1 heterocycles. The van der Waals surface area contributed by atoms with E-state index in [4.69, 9.17) is 5.73 Å². The Morgan fingerprint density at radius 1 is 1.35 bits per heavy atom. The summed E-state index contributed by atoms with van der Waals surface area (Å²) in [6.45, 7) is 0.438. The number of nitro benzene ring substituents is 1. The van der Waals surface area contributed by atoms with E-state index in [2.05, 4.69) is 15.5 Å². The predicted molar refractivity (Wildman–Crippen MR) is 58.6 cm³/mol. The second-order valence-electron chi connectivity index (χ2n) is 3.32. The smallest absolute Gasteiger partial charge is 0.269 e. The van der Waals surface area contributed by atoms with Crippen molar-refractivity contribution in [2.75, 3.05) is 6.54 Å². The molecule has 0 aliphatic heterocycles. The van der Waals surface area contributed by atoms with E-state index in [0.717, 1.165) is 0 Å². The van der Waals surface area contributed by atoms with Crippen LogP contribution in [0, 0.1) is 10.1 Å². The van der Waals surface area contributed by atoms with E-state index in [-0.39, 0.29) is 5.69 Å². The number of rotatable bonds is 4. The predicted octanol–water partition coefficient (Wildman–Crippen LogP) is 0.0717. The third-order valence-electron chi connectivity index (χ3n) is 2.21. The molecule has 8 nitrogen and oxygen atoms in total. The maximum absolute atomic E-state index is 10.5. The van der Waals surface area contributed by atoms with Crippen LogP contribution in [0.4, 0.5) is 5.69 Å². The highest BCUT2D eigenvalue weighted by atomic mass is 16.6. The summed E-state index contributed by atoms with van der Waals surface area (Å²) < 4.78 is 1.51. The van der Waals surface area contributed by atoms with Crippen molar-refractivity contribution in [2.45, 2.75) is 6.42 Å². The topological polar surface area (TPSA) is 113 Å². The van der Waals surface area contributed by atoms with Gasteiger partial charge in [-0.3, -0.25) is 10.1 Å². The molecular formula is C9H10N6O2. The summed E-state index contributed by atoms with van der Waals surface area (Å²) in [5.41, 5.74) is 6.13. The van der Waals surface area contributed by atoms with E-state index < -0.39 is 4.92 Å². The first-order valence-electron chi connectivity index (χ1n) is 4.94. The van der Waals surface area contributed by atoms with Crippen molar-refractivity contribution >= 4 is 5.69 Å². The molecule has 0 radical (unpaired) electrons. The molecule has 0 bridgehead atoms. The summed E-state index contributed by atoms with van der Waals surface area (Å²) in [6.07, 6.45) is 0.546. The van der Waals surface area contributed by atoms with Gasteiger partial charge in [0.2, 0.25) is 0 Å². The van der Waals surface area contributed by atoms with E-state index >= 15 is 0 Å². The van der Waals surface area contributed by atoms with E-state index in [9.17, 15) is 10.1 Å². The van der Waals surface area contributed by atoms with Crippen LogP contribution in [-0.4, -0.2) is 31.7 Å². The lowest BCUT2D eigenvalue weighted by Gasteiger charge is -2.02. The summed E-state index contributed by atoms with van der Waals surface area (Å²) >= 11 is 0. The number of tetrazole rings is 1. The van der Waals surface area contributed by atoms with Gasteiger partial charge in [-0.1, -0.05) is 0 Å². The van der Waals surface area contributed by atoms with Gasteiger partial charge in [0.05, 0.1) is 10.6 Å². The van der Waals surface area contributed by atoms with Crippen LogP contribution in [0.2, 0.25) is 0 Å². The lowest BCUT2D eigenvalue weighted by Crippen LogP contribution is -2.09. The van der Waals surface area contributed by atoms with Crippen LogP contribution in [0.5, 0.6) is 0 Å². The molecular weight excluding hydrogens is 224 g/mol. The van der Waals surface area contributed by atoms with Gasteiger partial charge in [-0.05, 0) is 29.1 Å². The monoisotopic (exact) mass is 234 g/mol. The van der Waals surface area contributed by atoms with Gasteiger partial charge in [0.15, 0.2) is 5.82 Å². The van der Waals surface area contributed by atoms with Gasteiger partial charge in [-0.15, -0.1) is 5.10 Å². The molecule has 2 N–H and O–H groups in total. The van der Waals surface area contributed by atoms with Crippen LogP contribution >= 0.6 is 0 Å². The Morgan fingerprint density at radius 3 is 2.65 bits per heavy atom. The summed E-state index contributed by atoms with van der Waals surface area (Å²) in [5, 5.41) is 21.7. The largest absolute Gasteiger partial charge is 0.330 e. The number of nitrogens with two attached hydrogens (primary N) is 1. The Morgan fingerprint density at radius 2 is 2.06 bits per heavy atom. The zero-order valence-electron chi connectivity index (χ0n) is 8.85. The molecule has 2 aromatic rings. The van der Waals surface area contributed by atoms with E-state index in [0.29, 0.717) is 24.5 Å². The highest BCUT2D eigenvalue weighted by Gasteiger charge is 2.09. The fourth-order valence-corrected chi connectivity index (χ4v) is 1.41. The van der Waals surface area contributed by atoms with E-state index in [1.165, 1.54) is 16.8 Å². The maximum atomic E-state index is 10.5. The molecule has 0 aliphatic carbocycles. The standard InChI is InChI=1S/C9H10N6O2/c10-6-5-9-11-12-13-14(9)7-1-3-8(4-2-7)15(16)17/h1-4H,5-6,10H2. The molecule has 0 aliphatic rings. The first-order valence-corrected chi connectivity index (χ1v) is 4.94. The molecule has 0 fully saturated rings. The quantitative estimate of drug-likeness (QED) is 0.591. The number of nitro groups is 1. The Hall–Kier alpha value is -2.35. The van der Waals surface area contributed by atoms with Gasteiger partial charge in [-0.25, -0.2) is 0 Å². The molecule has 2 rings (SSSR count). The molecule has 17 heavy (non-hydrogen) atoms. The Labute approximate surface area is 96.2 Å². The fraction of sp³-hybridized carbons (Fsp3) is 0.222. The fourth-order valence-electron chi connectivity index (χ4n) is 1.41. The molecule has 0 saturated heterocycles. The number of aromatic nitrogens is 4. The minimum Gasteiger partial charge on any atom is -0.330 e. The van der Waals surface area contributed by atoms with E-state index in [1.54, 1.807) is 12.1 Å². The molecule has 0 atom stereocenters. The van der Waals surface area contributed by atoms with Crippen LogP contribution < -0.4 is 5.73 Å². The average molecular weight is 234 g/mol. The first-order chi connectivity index (χ1) is 8.22. The van der Waals surface area contributed by atoms with Crippen LogP contribution in [0.1, 0.15) is 5.82 Å². The first kappa shape index (κ1) is 11.1. The minimum atomic E-state index is -0.454. The van der Waals surface area contributed by atoms with Gasteiger partial charge in [0, 0.05) is 18.6 Å². The molecule has 0 spiro atoms. The van der Waals surface area contributed by atoms with Gasteiger partial charge in [0.1, 0.15) is 0 Å². The third kappa shape index (κ3) is 2.26. The van der Waals surface area contributed by atoms with Crippen LogP contribution in [0.3, 0.4) is 0 Å². The molecule has 8 heteroatoms. The number of hydrogen-bond acceptors (Lipinski definition) is 6. The van der Waals surface area contributed by atoms with Crippen LogP contribution in [0.15, 0.2) is 24.3 Å². The molecule has 0 saturated carbocycles. The van der Waals surface area contributed by atoms with E-state index in [1.807, 2.05) is 0 Å². The Bertz CT molecular complexity index is 521. The Balaban J connectivity index is 2.33. The van der Waals surface area contributed by atoms with Crippen molar-refractivity contribution in [3.63, 3.8) is 0 Å². The highest BCUT2D eigenvalue weighted by molar-refractivity contribution is 5.40. The zero-order valence-corrected chi connectivity index (χ0v) is 8.85. The lowest BCUT2D eigenvalue weighted by atomic mass is 10.3. The number of nitrogens with zero attached hydrogens (tertiary/aromatic N) is 5. The average Bonchev–Trinajstić information content (AvgIpc) is 2.78. The normalized spacial score (nSPS) is 10.4. The molecule has 88 valence electrons. The lowest BCUT2D eigenvalue weighted by molar-refractivity contribution is -0.384. The summed E-state index contributed by atoms with van der Waals surface area (Å²) in [5.74, 6) is 0.626. The molecule has 1 aromatic heterocycles. The summed E-state index contributed by atoms with van der Waals surface area (Å²) in [6, 6.07) is 6.00. The van der Waals surface area contributed by atoms with Crippen molar-refractivity contribution in [3.8, 4) is 5.69 Å². The minimum absolute atomic E-state index is 0.0298. The van der Waals surface area contributed by atoms with Gasteiger partial charge in [-0.2, -0.15) is 4.68 Å². The van der Waals surface area contributed by atoms with Crippen molar-refractivity contribution in [2.24, 2.45) is 5.73 Å². The summed E-state index contributed by atoms with van der Waals surface area (Å²) in [7, 11) is 0. The van der Waals surface area contributed by atoms with Crippen molar-refractivity contribution in [1.29, 1.82) is 0 Å². The Kier molecular flexibility index (Phi) is 3.06. The van der Waals surface area contributed by atoms with Gasteiger partial charge < -0.3 is 5.73 Å². The number of benzene rings is 1.